The summed E-state index contributed by atoms with van der Waals surface area (Å²) in [5.41, 5.74) is 0. The minimum Gasteiger partial charge on any atom is -0.469 e. The Morgan fingerprint density at radius 2 is 2.25 bits per heavy atom. The van der Waals surface area contributed by atoms with Gasteiger partial charge in [-0.2, -0.15) is 0 Å². The third-order valence-corrected chi connectivity index (χ3v) is 5.02. The van der Waals surface area contributed by atoms with Crippen LogP contribution in [0, 0.1) is 5.92 Å². The average Bonchev–Trinajstić information content (AvgIpc) is 3.11. The van der Waals surface area contributed by atoms with Crippen molar-refractivity contribution in [1.29, 1.82) is 0 Å². The molecule has 1 aliphatic carbocycles. The van der Waals surface area contributed by atoms with Crippen molar-refractivity contribution in [3.05, 3.63) is 24.2 Å². The number of rotatable bonds is 5. The van der Waals surface area contributed by atoms with Crippen LogP contribution in [0.2, 0.25) is 0 Å². The molecule has 3 nitrogen and oxygen atoms in total. The molecule has 0 radical (unpaired) electrons. The van der Waals surface area contributed by atoms with Gasteiger partial charge in [0.05, 0.1) is 6.26 Å². The van der Waals surface area contributed by atoms with Crippen LogP contribution in [0.5, 0.6) is 0 Å². The molecule has 1 saturated heterocycles. The number of hydrogen-bond donors (Lipinski definition) is 2. The molecule has 1 aromatic rings. The van der Waals surface area contributed by atoms with E-state index in [1.54, 1.807) is 6.26 Å². The molecular weight excluding hydrogens is 248 g/mol. The Morgan fingerprint density at radius 1 is 1.30 bits per heavy atom. The van der Waals surface area contributed by atoms with E-state index in [-0.39, 0.29) is 0 Å². The molecule has 4 atom stereocenters. The van der Waals surface area contributed by atoms with E-state index in [1.165, 1.54) is 45.1 Å². The first kappa shape index (κ1) is 14.2. The molecule has 1 saturated carbocycles. The van der Waals surface area contributed by atoms with Gasteiger partial charge in [0.15, 0.2) is 0 Å². The van der Waals surface area contributed by atoms with Crippen molar-refractivity contribution in [1.82, 2.24) is 10.6 Å². The zero-order valence-electron chi connectivity index (χ0n) is 12.6. The van der Waals surface area contributed by atoms with Crippen molar-refractivity contribution >= 4 is 0 Å². The van der Waals surface area contributed by atoms with Crippen molar-refractivity contribution < 1.29 is 4.42 Å². The highest BCUT2D eigenvalue weighted by molar-refractivity contribution is 5.01. The monoisotopic (exact) mass is 276 g/mol. The number of furan rings is 1. The fourth-order valence-electron chi connectivity index (χ4n) is 4.08. The number of piperidine rings is 1. The standard InChI is InChI=1S/C17H28N2O/c1-13(12-14-6-5-11-20-14)19-17-9-4-7-15(17)16-8-2-3-10-18-16/h5-6,11,13,15-19H,2-4,7-10,12H2,1H3. The predicted molar refractivity (Wildman–Crippen MR) is 81.8 cm³/mol. The summed E-state index contributed by atoms with van der Waals surface area (Å²) in [6, 6.07) is 5.99. The summed E-state index contributed by atoms with van der Waals surface area (Å²) in [6.07, 6.45) is 11.0. The topological polar surface area (TPSA) is 37.2 Å². The van der Waals surface area contributed by atoms with Gasteiger partial charge in [0.1, 0.15) is 5.76 Å². The van der Waals surface area contributed by atoms with E-state index in [9.17, 15) is 0 Å². The summed E-state index contributed by atoms with van der Waals surface area (Å²) in [5, 5.41) is 7.62. The highest BCUT2D eigenvalue weighted by atomic mass is 16.3. The van der Waals surface area contributed by atoms with E-state index < -0.39 is 0 Å². The van der Waals surface area contributed by atoms with Gasteiger partial charge in [-0.05, 0) is 57.2 Å². The molecule has 1 aliphatic heterocycles. The Hall–Kier alpha value is -0.800. The summed E-state index contributed by atoms with van der Waals surface area (Å²) in [7, 11) is 0. The minimum atomic E-state index is 0.496. The van der Waals surface area contributed by atoms with Crippen LogP contribution >= 0.6 is 0 Å². The largest absolute Gasteiger partial charge is 0.469 e. The van der Waals surface area contributed by atoms with Crippen LogP contribution in [0.3, 0.4) is 0 Å². The van der Waals surface area contributed by atoms with Gasteiger partial charge in [0, 0.05) is 24.5 Å². The van der Waals surface area contributed by atoms with Crippen LogP contribution < -0.4 is 10.6 Å². The third-order valence-electron chi connectivity index (χ3n) is 5.02. The van der Waals surface area contributed by atoms with Gasteiger partial charge in [-0.1, -0.05) is 12.8 Å². The van der Waals surface area contributed by atoms with E-state index in [2.05, 4.69) is 23.6 Å². The molecule has 0 aromatic carbocycles. The normalized spacial score (nSPS) is 32.4. The maximum atomic E-state index is 5.46. The summed E-state index contributed by atoms with van der Waals surface area (Å²) < 4.78 is 5.46. The molecule has 0 bridgehead atoms. The minimum absolute atomic E-state index is 0.496. The molecule has 3 rings (SSSR count). The lowest BCUT2D eigenvalue weighted by Gasteiger charge is -2.34. The van der Waals surface area contributed by atoms with Crippen LogP contribution in [-0.4, -0.2) is 24.7 Å². The molecule has 1 aromatic heterocycles. The molecule has 4 unspecified atom stereocenters. The van der Waals surface area contributed by atoms with Gasteiger partial charge in [-0.25, -0.2) is 0 Å². The Morgan fingerprint density at radius 3 is 3.00 bits per heavy atom. The fraction of sp³-hybridized carbons (Fsp3) is 0.765. The second-order valence-electron chi connectivity index (χ2n) is 6.61. The molecule has 2 aliphatic rings. The van der Waals surface area contributed by atoms with Crippen LogP contribution in [0.1, 0.15) is 51.2 Å². The molecule has 20 heavy (non-hydrogen) atoms. The van der Waals surface area contributed by atoms with Crippen molar-refractivity contribution in [3.63, 3.8) is 0 Å². The predicted octanol–water partition coefficient (Wildman–Crippen LogP) is 3.11. The van der Waals surface area contributed by atoms with E-state index in [4.69, 9.17) is 4.42 Å². The summed E-state index contributed by atoms with van der Waals surface area (Å²) >= 11 is 0. The van der Waals surface area contributed by atoms with Crippen molar-refractivity contribution in [3.8, 4) is 0 Å². The zero-order valence-corrected chi connectivity index (χ0v) is 12.6. The van der Waals surface area contributed by atoms with E-state index >= 15 is 0 Å². The smallest absolute Gasteiger partial charge is 0.105 e. The molecule has 3 heteroatoms. The number of hydrogen-bond acceptors (Lipinski definition) is 3. The van der Waals surface area contributed by atoms with Crippen LogP contribution in [0.25, 0.3) is 0 Å². The van der Waals surface area contributed by atoms with E-state index in [1.807, 2.05) is 6.07 Å². The highest BCUT2D eigenvalue weighted by Gasteiger charge is 2.34. The van der Waals surface area contributed by atoms with Crippen molar-refractivity contribution in [2.45, 2.75) is 70.0 Å². The molecule has 2 fully saturated rings. The van der Waals surface area contributed by atoms with E-state index in [0.717, 1.165) is 24.1 Å². The molecule has 0 spiro atoms. The third kappa shape index (κ3) is 3.44. The van der Waals surface area contributed by atoms with Gasteiger partial charge in [-0.3, -0.25) is 0 Å². The first-order valence-electron chi connectivity index (χ1n) is 8.35. The zero-order chi connectivity index (χ0) is 13.8. The van der Waals surface area contributed by atoms with Gasteiger partial charge in [0.25, 0.3) is 0 Å². The van der Waals surface area contributed by atoms with Gasteiger partial charge in [0.2, 0.25) is 0 Å². The summed E-state index contributed by atoms with van der Waals surface area (Å²) in [5.74, 6) is 1.92. The van der Waals surface area contributed by atoms with Crippen LogP contribution in [-0.2, 0) is 6.42 Å². The van der Waals surface area contributed by atoms with Gasteiger partial charge >= 0.3 is 0 Å². The summed E-state index contributed by atoms with van der Waals surface area (Å²) in [4.78, 5) is 0. The van der Waals surface area contributed by atoms with Crippen molar-refractivity contribution in [2.24, 2.45) is 5.92 Å². The highest BCUT2D eigenvalue weighted by Crippen LogP contribution is 2.32. The SMILES string of the molecule is CC(Cc1ccco1)NC1CCCC1C1CCCCN1. The second-order valence-corrected chi connectivity index (χ2v) is 6.61. The van der Waals surface area contributed by atoms with Gasteiger partial charge in [-0.15, -0.1) is 0 Å². The molecule has 2 heterocycles. The quantitative estimate of drug-likeness (QED) is 0.867. The Bertz CT molecular complexity index is 384. The Labute approximate surface area is 122 Å². The maximum Gasteiger partial charge on any atom is 0.105 e. The average molecular weight is 276 g/mol. The molecule has 0 amide bonds. The molecular formula is C17H28N2O. The Kier molecular flexibility index (Phi) is 4.79. The summed E-state index contributed by atoms with van der Waals surface area (Å²) in [6.45, 7) is 3.50. The lowest BCUT2D eigenvalue weighted by atomic mass is 9.88. The van der Waals surface area contributed by atoms with Crippen LogP contribution in [0.15, 0.2) is 22.8 Å². The molecule has 112 valence electrons. The fourth-order valence-corrected chi connectivity index (χ4v) is 4.08. The molecule has 2 N–H and O–H groups in total. The lowest BCUT2D eigenvalue weighted by Crippen LogP contribution is -2.49. The Balaban J connectivity index is 1.52. The first-order valence-corrected chi connectivity index (χ1v) is 8.35. The lowest BCUT2D eigenvalue weighted by molar-refractivity contribution is 0.246. The first-order chi connectivity index (χ1) is 9.83. The van der Waals surface area contributed by atoms with Crippen molar-refractivity contribution in [2.75, 3.05) is 6.54 Å². The van der Waals surface area contributed by atoms with E-state index in [0.29, 0.717) is 12.1 Å². The number of nitrogens with one attached hydrogen (secondary N) is 2. The second kappa shape index (κ2) is 6.77. The maximum absolute atomic E-state index is 5.46. The van der Waals surface area contributed by atoms with Gasteiger partial charge < -0.3 is 15.1 Å². The van der Waals surface area contributed by atoms with Crippen LogP contribution in [0.4, 0.5) is 0 Å².